The van der Waals surface area contributed by atoms with Crippen LogP contribution in [0.2, 0.25) is 0 Å². The van der Waals surface area contributed by atoms with Crippen LogP contribution in [0.25, 0.3) is 16.8 Å². The quantitative estimate of drug-likeness (QED) is 0.646. The maximum atomic E-state index is 13.4. The molecule has 0 aliphatic rings. The number of benzene rings is 2. The Kier molecular flexibility index (Phi) is 5.45. The van der Waals surface area contributed by atoms with Gasteiger partial charge in [0.2, 0.25) is 0 Å². The van der Waals surface area contributed by atoms with E-state index in [-0.39, 0.29) is 15.9 Å². The highest BCUT2D eigenvalue weighted by Gasteiger charge is 2.23. The molecule has 0 saturated carbocycles. The minimum Gasteiger partial charge on any atom is -0.267 e. The number of rotatable bonds is 4. The lowest BCUT2D eigenvalue weighted by atomic mass is 9.86. The molecule has 3 aromatic rings. The topological polar surface area (TPSA) is 69.0 Å². The molecule has 5 nitrogen and oxygen atoms in total. The van der Waals surface area contributed by atoms with E-state index in [1.807, 2.05) is 0 Å². The van der Waals surface area contributed by atoms with Gasteiger partial charge in [0.15, 0.2) is 9.84 Å². The molecular weight excluding hydrogens is 391 g/mol. The Morgan fingerprint density at radius 2 is 1.72 bits per heavy atom. The molecule has 29 heavy (non-hydrogen) atoms. The van der Waals surface area contributed by atoms with E-state index in [2.05, 4.69) is 25.9 Å². The van der Waals surface area contributed by atoms with Crippen molar-refractivity contribution in [2.45, 2.75) is 32.1 Å². The molecule has 152 valence electrons. The highest BCUT2D eigenvalue weighted by Crippen LogP contribution is 2.34. The standard InChI is InChI=1S/C22H23FN2O3S/c1-22(2,3)14-16-12-18(15-7-9-17(23)10-8-15)20(29(4,27)28)13-19(16)25-21(26)6-5-11-24-25/h5-13H,14H2,1-4H3. The number of hydrogen-bond acceptors (Lipinski definition) is 4. The fourth-order valence-corrected chi connectivity index (χ4v) is 4.13. The molecule has 0 amide bonds. The number of aromatic nitrogens is 2. The Morgan fingerprint density at radius 3 is 2.28 bits per heavy atom. The summed E-state index contributed by atoms with van der Waals surface area (Å²) >= 11 is 0. The van der Waals surface area contributed by atoms with Crippen LogP contribution in [-0.4, -0.2) is 24.5 Å². The molecule has 0 atom stereocenters. The summed E-state index contributed by atoms with van der Waals surface area (Å²) in [5.41, 5.74) is 1.79. The van der Waals surface area contributed by atoms with Crippen LogP contribution in [0.15, 0.2) is 64.4 Å². The minimum atomic E-state index is -3.63. The third kappa shape index (κ3) is 4.79. The summed E-state index contributed by atoms with van der Waals surface area (Å²) in [7, 11) is -3.63. The van der Waals surface area contributed by atoms with Gasteiger partial charge in [0.1, 0.15) is 5.82 Å². The summed E-state index contributed by atoms with van der Waals surface area (Å²) in [5.74, 6) is -0.402. The van der Waals surface area contributed by atoms with E-state index in [9.17, 15) is 17.6 Å². The van der Waals surface area contributed by atoms with Crippen LogP contribution >= 0.6 is 0 Å². The molecular formula is C22H23FN2O3S. The lowest BCUT2D eigenvalue weighted by Gasteiger charge is -2.23. The molecule has 0 fully saturated rings. The number of halogens is 1. The molecule has 0 bridgehead atoms. The molecule has 0 N–H and O–H groups in total. The van der Waals surface area contributed by atoms with Crippen LogP contribution in [0.4, 0.5) is 4.39 Å². The van der Waals surface area contributed by atoms with Crippen molar-refractivity contribution < 1.29 is 12.8 Å². The first-order valence-corrected chi connectivity index (χ1v) is 11.0. The molecule has 0 unspecified atom stereocenters. The Hall–Kier alpha value is -2.80. The van der Waals surface area contributed by atoms with Gasteiger partial charge in [-0.05, 0) is 53.3 Å². The van der Waals surface area contributed by atoms with Gasteiger partial charge in [0, 0.05) is 24.1 Å². The molecule has 1 aromatic heterocycles. The molecule has 1 heterocycles. The monoisotopic (exact) mass is 414 g/mol. The minimum absolute atomic E-state index is 0.0642. The summed E-state index contributed by atoms with van der Waals surface area (Å²) in [6, 6.07) is 11.9. The highest BCUT2D eigenvalue weighted by atomic mass is 32.2. The normalized spacial score (nSPS) is 12.2. The van der Waals surface area contributed by atoms with Crippen molar-refractivity contribution in [2.24, 2.45) is 5.41 Å². The van der Waals surface area contributed by atoms with Gasteiger partial charge in [-0.1, -0.05) is 32.9 Å². The van der Waals surface area contributed by atoms with Crippen molar-refractivity contribution in [3.63, 3.8) is 0 Å². The second-order valence-electron chi connectivity index (χ2n) is 8.27. The molecule has 3 rings (SSSR count). The van der Waals surface area contributed by atoms with Crippen LogP contribution in [-0.2, 0) is 16.3 Å². The zero-order valence-electron chi connectivity index (χ0n) is 16.8. The summed E-state index contributed by atoms with van der Waals surface area (Å²) in [4.78, 5) is 12.5. The second kappa shape index (κ2) is 7.55. The fourth-order valence-electron chi connectivity index (χ4n) is 3.22. The Bertz CT molecular complexity index is 1210. The first-order chi connectivity index (χ1) is 13.5. The maximum Gasteiger partial charge on any atom is 0.271 e. The van der Waals surface area contributed by atoms with E-state index < -0.39 is 15.7 Å². The van der Waals surface area contributed by atoms with Gasteiger partial charge in [-0.3, -0.25) is 4.79 Å². The van der Waals surface area contributed by atoms with E-state index in [0.29, 0.717) is 23.2 Å². The summed E-state index contributed by atoms with van der Waals surface area (Å²) in [6.45, 7) is 6.17. The molecule has 0 aliphatic heterocycles. The lowest BCUT2D eigenvalue weighted by Crippen LogP contribution is -2.22. The van der Waals surface area contributed by atoms with Crippen molar-refractivity contribution in [1.82, 2.24) is 9.78 Å². The second-order valence-corrected chi connectivity index (χ2v) is 10.3. The van der Waals surface area contributed by atoms with Crippen molar-refractivity contribution in [3.8, 4) is 16.8 Å². The zero-order valence-corrected chi connectivity index (χ0v) is 17.6. The third-order valence-electron chi connectivity index (χ3n) is 4.40. The number of hydrogen-bond donors (Lipinski definition) is 0. The van der Waals surface area contributed by atoms with E-state index in [1.54, 1.807) is 18.2 Å². The smallest absolute Gasteiger partial charge is 0.267 e. The van der Waals surface area contributed by atoms with E-state index in [0.717, 1.165) is 11.8 Å². The van der Waals surface area contributed by atoms with Crippen molar-refractivity contribution >= 4 is 9.84 Å². The molecule has 2 aromatic carbocycles. The van der Waals surface area contributed by atoms with E-state index >= 15 is 0 Å². The van der Waals surface area contributed by atoms with Crippen LogP contribution < -0.4 is 5.56 Å². The Labute approximate surface area is 169 Å². The molecule has 0 radical (unpaired) electrons. The number of nitrogens with zero attached hydrogens (tertiary/aromatic N) is 2. The predicted octanol–water partition coefficient (Wildman–Crippen LogP) is 4.03. The number of sulfone groups is 1. The van der Waals surface area contributed by atoms with Crippen LogP contribution in [0.1, 0.15) is 26.3 Å². The van der Waals surface area contributed by atoms with Crippen molar-refractivity contribution in [3.05, 3.63) is 76.5 Å². The summed E-state index contributed by atoms with van der Waals surface area (Å²) in [6.07, 6.45) is 3.18. The van der Waals surface area contributed by atoms with Gasteiger partial charge in [-0.15, -0.1) is 0 Å². The van der Waals surface area contributed by atoms with E-state index in [4.69, 9.17) is 0 Å². The van der Waals surface area contributed by atoms with Gasteiger partial charge in [0.25, 0.3) is 5.56 Å². The average molecular weight is 415 g/mol. The van der Waals surface area contributed by atoms with Crippen molar-refractivity contribution in [1.29, 1.82) is 0 Å². The van der Waals surface area contributed by atoms with Crippen LogP contribution in [0.5, 0.6) is 0 Å². The maximum absolute atomic E-state index is 13.4. The summed E-state index contributed by atoms with van der Waals surface area (Å²) in [5, 5.41) is 4.14. The third-order valence-corrected chi connectivity index (χ3v) is 5.54. The lowest BCUT2D eigenvalue weighted by molar-refractivity contribution is 0.410. The fraction of sp³-hybridized carbons (Fsp3) is 0.273. The van der Waals surface area contributed by atoms with Crippen LogP contribution in [0, 0.1) is 11.2 Å². The summed E-state index contributed by atoms with van der Waals surface area (Å²) < 4.78 is 39.8. The predicted molar refractivity (Wildman–Crippen MR) is 111 cm³/mol. The SMILES string of the molecule is CC(C)(C)Cc1cc(-c2ccc(F)cc2)c(S(C)(=O)=O)cc1-n1ncccc1=O. The Balaban J connectivity index is 2.38. The molecule has 0 spiro atoms. The van der Waals surface area contributed by atoms with Crippen LogP contribution in [0.3, 0.4) is 0 Å². The first kappa shape index (κ1) is 20.9. The van der Waals surface area contributed by atoms with Gasteiger partial charge in [-0.25, -0.2) is 12.8 Å². The molecule has 0 aliphatic carbocycles. The van der Waals surface area contributed by atoms with Gasteiger partial charge in [0.05, 0.1) is 10.6 Å². The largest absolute Gasteiger partial charge is 0.271 e. The van der Waals surface area contributed by atoms with E-state index in [1.165, 1.54) is 41.2 Å². The van der Waals surface area contributed by atoms with Crippen molar-refractivity contribution in [2.75, 3.05) is 6.26 Å². The van der Waals surface area contributed by atoms with Gasteiger partial charge < -0.3 is 0 Å². The Morgan fingerprint density at radius 1 is 1.07 bits per heavy atom. The average Bonchev–Trinajstić information content (AvgIpc) is 2.60. The van der Waals surface area contributed by atoms with Gasteiger partial charge in [-0.2, -0.15) is 9.78 Å². The highest BCUT2D eigenvalue weighted by molar-refractivity contribution is 7.90. The molecule has 0 saturated heterocycles. The first-order valence-electron chi connectivity index (χ1n) is 9.13. The van der Waals surface area contributed by atoms with Gasteiger partial charge >= 0.3 is 0 Å². The molecule has 7 heteroatoms. The zero-order chi connectivity index (χ0) is 21.4.